The van der Waals surface area contributed by atoms with Gasteiger partial charge in [0.2, 0.25) is 0 Å². The van der Waals surface area contributed by atoms with Gasteiger partial charge in [-0.25, -0.2) is 4.79 Å². The van der Waals surface area contributed by atoms with Gasteiger partial charge in [-0.1, -0.05) is 19.1 Å². The lowest BCUT2D eigenvalue weighted by Crippen LogP contribution is -2.10. The number of aromatic carboxylic acids is 1. The van der Waals surface area contributed by atoms with Crippen molar-refractivity contribution < 1.29 is 19.4 Å². The van der Waals surface area contributed by atoms with E-state index in [9.17, 15) is 9.59 Å². The molecule has 108 valence electrons. The van der Waals surface area contributed by atoms with Crippen molar-refractivity contribution in [1.29, 1.82) is 0 Å². The van der Waals surface area contributed by atoms with Crippen LogP contribution >= 0.6 is 0 Å². The number of carbonyl (C=O) groups excluding carboxylic acids is 1. The number of ketones is 1. The fraction of sp³-hybridized carbons (Fsp3) is 0.176. The number of carboxylic acids is 1. The van der Waals surface area contributed by atoms with Crippen molar-refractivity contribution in [1.82, 2.24) is 0 Å². The highest BCUT2D eigenvalue weighted by Gasteiger charge is 2.17. The molecule has 0 heterocycles. The standard InChI is InChI=1S/C17H16O4/c1-11(12-3-5-14(6-4-12)17(19)20)16(18)13-7-9-15(21-2)10-8-13/h3-11H,1-2H3,(H,19,20). The van der Waals surface area contributed by atoms with E-state index in [1.165, 1.54) is 12.1 Å². The minimum Gasteiger partial charge on any atom is -0.497 e. The molecule has 1 atom stereocenters. The van der Waals surface area contributed by atoms with E-state index < -0.39 is 5.97 Å². The summed E-state index contributed by atoms with van der Waals surface area (Å²) < 4.78 is 5.06. The minimum absolute atomic E-state index is 0.0132. The molecule has 21 heavy (non-hydrogen) atoms. The number of rotatable bonds is 5. The molecule has 0 aliphatic carbocycles. The topological polar surface area (TPSA) is 63.6 Å². The number of hydrogen-bond acceptors (Lipinski definition) is 3. The molecule has 0 aromatic heterocycles. The second-order valence-corrected chi connectivity index (χ2v) is 4.74. The Balaban J connectivity index is 2.19. The van der Waals surface area contributed by atoms with Gasteiger partial charge in [-0.05, 0) is 42.0 Å². The van der Waals surface area contributed by atoms with Gasteiger partial charge in [0.05, 0.1) is 12.7 Å². The monoisotopic (exact) mass is 284 g/mol. The highest BCUT2D eigenvalue weighted by atomic mass is 16.5. The van der Waals surface area contributed by atoms with Crippen molar-refractivity contribution in [2.75, 3.05) is 7.11 Å². The van der Waals surface area contributed by atoms with Crippen LogP contribution in [0.2, 0.25) is 0 Å². The normalized spacial score (nSPS) is 11.7. The van der Waals surface area contributed by atoms with E-state index in [0.717, 1.165) is 5.56 Å². The third kappa shape index (κ3) is 3.28. The SMILES string of the molecule is COc1ccc(C(=O)C(C)c2ccc(C(=O)O)cc2)cc1. The molecule has 0 bridgehead atoms. The van der Waals surface area contributed by atoms with Crippen LogP contribution in [0.4, 0.5) is 0 Å². The smallest absolute Gasteiger partial charge is 0.335 e. The highest BCUT2D eigenvalue weighted by Crippen LogP contribution is 2.22. The van der Waals surface area contributed by atoms with E-state index in [2.05, 4.69) is 0 Å². The van der Waals surface area contributed by atoms with E-state index >= 15 is 0 Å². The van der Waals surface area contributed by atoms with Gasteiger partial charge < -0.3 is 9.84 Å². The second-order valence-electron chi connectivity index (χ2n) is 4.74. The van der Waals surface area contributed by atoms with Crippen molar-refractivity contribution in [3.63, 3.8) is 0 Å². The van der Waals surface area contributed by atoms with E-state index in [1.807, 2.05) is 6.92 Å². The van der Waals surface area contributed by atoms with Crippen LogP contribution in [0.15, 0.2) is 48.5 Å². The van der Waals surface area contributed by atoms with E-state index in [0.29, 0.717) is 11.3 Å². The summed E-state index contributed by atoms with van der Waals surface area (Å²) in [5, 5.41) is 8.87. The maximum absolute atomic E-state index is 12.4. The summed E-state index contributed by atoms with van der Waals surface area (Å²) in [6.45, 7) is 1.81. The van der Waals surface area contributed by atoms with E-state index in [1.54, 1.807) is 43.5 Å². The van der Waals surface area contributed by atoms with Crippen molar-refractivity contribution in [2.45, 2.75) is 12.8 Å². The van der Waals surface area contributed by atoms with E-state index in [-0.39, 0.29) is 17.3 Å². The third-order valence-electron chi connectivity index (χ3n) is 3.43. The average Bonchev–Trinajstić information content (AvgIpc) is 2.53. The van der Waals surface area contributed by atoms with Crippen LogP contribution in [-0.4, -0.2) is 24.0 Å². The summed E-state index contributed by atoms with van der Waals surface area (Å²) in [5.74, 6) is -0.623. The van der Waals surface area contributed by atoms with Gasteiger partial charge in [0, 0.05) is 11.5 Å². The second kappa shape index (κ2) is 6.22. The molecule has 2 aromatic rings. The molecule has 4 heteroatoms. The first kappa shape index (κ1) is 14.8. The fourth-order valence-corrected chi connectivity index (χ4v) is 2.07. The molecule has 0 amide bonds. The molecule has 0 radical (unpaired) electrons. The lowest BCUT2D eigenvalue weighted by Gasteiger charge is -2.11. The molecule has 0 fully saturated rings. The number of carbonyl (C=O) groups is 2. The van der Waals surface area contributed by atoms with Crippen molar-refractivity contribution in [2.24, 2.45) is 0 Å². The Morgan fingerprint density at radius 3 is 1.95 bits per heavy atom. The number of hydrogen-bond donors (Lipinski definition) is 1. The van der Waals surface area contributed by atoms with Crippen molar-refractivity contribution in [3.05, 3.63) is 65.2 Å². The number of Topliss-reactive ketones (excluding diaryl/α,β-unsaturated/α-hetero) is 1. The number of ether oxygens (including phenoxy) is 1. The van der Waals surface area contributed by atoms with Crippen LogP contribution < -0.4 is 4.74 Å². The van der Waals surface area contributed by atoms with Crippen LogP contribution in [0.5, 0.6) is 5.75 Å². The number of carboxylic acid groups (broad SMARTS) is 1. The van der Waals surface area contributed by atoms with Crippen LogP contribution in [-0.2, 0) is 0 Å². The third-order valence-corrected chi connectivity index (χ3v) is 3.43. The number of methoxy groups -OCH3 is 1. The zero-order chi connectivity index (χ0) is 15.4. The Kier molecular flexibility index (Phi) is 4.38. The summed E-state index contributed by atoms with van der Waals surface area (Å²) >= 11 is 0. The Morgan fingerprint density at radius 1 is 0.952 bits per heavy atom. The van der Waals surface area contributed by atoms with Crippen molar-refractivity contribution in [3.8, 4) is 5.75 Å². The maximum Gasteiger partial charge on any atom is 0.335 e. The van der Waals surface area contributed by atoms with Crippen LogP contribution in [0.25, 0.3) is 0 Å². The predicted molar refractivity (Wildman–Crippen MR) is 79.1 cm³/mol. The highest BCUT2D eigenvalue weighted by molar-refractivity contribution is 6.00. The Bertz CT molecular complexity index is 641. The van der Waals surface area contributed by atoms with Gasteiger partial charge in [-0.15, -0.1) is 0 Å². The molecule has 2 rings (SSSR count). The maximum atomic E-state index is 12.4. The fourth-order valence-electron chi connectivity index (χ4n) is 2.07. The van der Waals surface area contributed by atoms with Gasteiger partial charge in [0.1, 0.15) is 5.75 Å². The summed E-state index contributed by atoms with van der Waals surface area (Å²) in [7, 11) is 1.57. The Labute approximate surface area is 123 Å². The summed E-state index contributed by atoms with van der Waals surface area (Å²) in [5.41, 5.74) is 1.61. The molecule has 0 spiro atoms. The quantitative estimate of drug-likeness (QED) is 0.855. The van der Waals surface area contributed by atoms with Gasteiger partial charge in [-0.3, -0.25) is 4.79 Å². The largest absolute Gasteiger partial charge is 0.497 e. The first-order valence-corrected chi connectivity index (χ1v) is 6.54. The zero-order valence-corrected chi connectivity index (χ0v) is 11.9. The predicted octanol–water partition coefficient (Wildman–Crippen LogP) is 3.38. The van der Waals surface area contributed by atoms with Gasteiger partial charge in [0.25, 0.3) is 0 Å². The molecule has 2 aromatic carbocycles. The molecule has 4 nitrogen and oxygen atoms in total. The molecular weight excluding hydrogens is 268 g/mol. The first-order chi connectivity index (χ1) is 10.0. The first-order valence-electron chi connectivity index (χ1n) is 6.54. The molecular formula is C17H16O4. The van der Waals surface area contributed by atoms with Crippen LogP contribution in [0.1, 0.15) is 39.1 Å². The van der Waals surface area contributed by atoms with Crippen LogP contribution in [0, 0.1) is 0 Å². The lowest BCUT2D eigenvalue weighted by molar-refractivity contribution is 0.0696. The van der Waals surface area contributed by atoms with Gasteiger partial charge >= 0.3 is 5.97 Å². The van der Waals surface area contributed by atoms with Crippen molar-refractivity contribution >= 4 is 11.8 Å². The molecule has 0 aliphatic rings. The zero-order valence-electron chi connectivity index (χ0n) is 11.9. The van der Waals surface area contributed by atoms with Gasteiger partial charge in [0.15, 0.2) is 5.78 Å². The Morgan fingerprint density at radius 2 is 1.48 bits per heavy atom. The Hall–Kier alpha value is -2.62. The summed E-state index contributed by atoms with van der Waals surface area (Å²) in [6.07, 6.45) is 0. The molecule has 0 saturated carbocycles. The minimum atomic E-state index is -0.976. The summed E-state index contributed by atoms with van der Waals surface area (Å²) in [4.78, 5) is 23.2. The van der Waals surface area contributed by atoms with E-state index in [4.69, 9.17) is 9.84 Å². The van der Waals surface area contributed by atoms with Crippen LogP contribution in [0.3, 0.4) is 0 Å². The summed E-state index contributed by atoms with van der Waals surface area (Å²) in [6, 6.07) is 13.3. The lowest BCUT2D eigenvalue weighted by atomic mass is 9.92. The number of benzene rings is 2. The molecule has 1 unspecified atom stereocenters. The molecule has 0 aliphatic heterocycles. The van der Waals surface area contributed by atoms with Gasteiger partial charge in [-0.2, -0.15) is 0 Å². The average molecular weight is 284 g/mol. The molecule has 1 N–H and O–H groups in total. The molecule has 0 saturated heterocycles.